The maximum absolute atomic E-state index is 4.59. The van der Waals surface area contributed by atoms with Gasteiger partial charge in [0.2, 0.25) is 4.96 Å². The van der Waals surface area contributed by atoms with Crippen LogP contribution in [0.25, 0.3) is 26.2 Å². The zero-order chi connectivity index (χ0) is 13.5. The van der Waals surface area contributed by atoms with Crippen LogP contribution in [0.5, 0.6) is 0 Å². The number of halogens is 1. The van der Waals surface area contributed by atoms with E-state index in [0.717, 1.165) is 30.0 Å². The van der Waals surface area contributed by atoms with Gasteiger partial charge < -0.3 is 0 Å². The molecule has 0 unspecified atom stereocenters. The van der Waals surface area contributed by atoms with Crippen LogP contribution in [0.15, 0.2) is 40.4 Å². The van der Waals surface area contributed by atoms with Crippen LogP contribution in [0.4, 0.5) is 0 Å². The molecule has 5 nitrogen and oxygen atoms in total. The van der Waals surface area contributed by atoms with Gasteiger partial charge in [0.05, 0.1) is 8.66 Å². The molecule has 98 valence electrons. The summed E-state index contributed by atoms with van der Waals surface area (Å²) >= 11 is 6.57. The van der Waals surface area contributed by atoms with Crippen LogP contribution < -0.4 is 0 Å². The van der Waals surface area contributed by atoms with E-state index >= 15 is 0 Å². The maximum Gasteiger partial charge on any atom is 0.235 e. The number of pyridine rings is 1. The van der Waals surface area contributed by atoms with Crippen LogP contribution in [0.1, 0.15) is 0 Å². The van der Waals surface area contributed by atoms with E-state index in [1.165, 1.54) is 11.3 Å². The lowest BCUT2D eigenvalue weighted by molar-refractivity contribution is 0.973. The van der Waals surface area contributed by atoms with Crippen molar-refractivity contribution in [1.29, 1.82) is 0 Å². The third kappa shape index (κ3) is 1.96. The Morgan fingerprint density at radius 2 is 2.05 bits per heavy atom. The van der Waals surface area contributed by atoms with Gasteiger partial charge in [-0.05, 0) is 40.2 Å². The first-order valence-electron chi connectivity index (χ1n) is 5.69. The van der Waals surface area contributed by atoms with Crippen LogP contribution in [-0.4, -0.2) is 24.8 Å². The average molecular weight is 364 g/mol. The summed E-state index contributed by atoms with van der Waals surface area (Å²) in [5.41, 5.74) is 0.987. The van der Waals surface area contributed by atoms with Crippen molar-refractivity contribution in [1.82, 2.24) is 24.8 Å². The molecule has 0 amide bonds. The molecule has 4 aromatic rings. The number of hydrogen-bond donors (Lipinski definition) is 0. The molecule has 0 aliphatic carbocycles. The van der Waals surface area contributed by atoms with E-state index in [4.69, 9.17) is 0 Å². The summed E-state index contributed by atoms with van der Waals surface area (Å²) in [7, 11) is 0. The van der Waals surface area contributed by atoms with Crippen molar-refractivity contribution >= 4 is 43.6 Å². The van der Waals surface area contributed by atoms with Gasteiger partial charge in [-0.25, -0.2) is 0 Å². The van der Waals surface area contributed by atoms with E-state index in [-0.39, 0.29) is 0 Å². The van der Waals surface area contributed by atoms with Crippen molar-refractivity contribution in [2.24, 2.45) is 0 Å². The summed E-state index contributed by atoms with van der Waals surface area (Å²) in [4.78, 5) is 5.93. The number of aromatic nitrogens is 5. The molecule has 0 saturated carbocycles. The zero-order valence-electron chi connectivity index (χ0n) is 9.89. The van der Waals surface area contributed by atoms with Gasteiger partial charge in [0.25, 0.3) is 0 Å². The number of rotatable bonds is 2. The third-order valence-electron chi connectivity index (χ3n) is 2.69. The van der Waals surface area contributed by atoms with E-state index in [0.29, 0.717) is 0 Å². The number of hydrogen-bond acceptors (Lipinski definition) is 6. The van der Waals surface area contributed by atoms with Crippen molar-refractivity contribution < 1.29 is 0 Å². The summed E-state index contributed by atoms with van der Waals surface area (Å²) in [6, 6.07) is 7.89. The Labute approximate surface area is 130 Å². The Bertz CT molecular complexity index is 880. The topological polar surface area (TPSA) is 56.0 Å². The van der Waals surface area contributed by atoms with Gasteiger partial charge in [-0.2, -0.15) is 9.61 Å². The molecule has 4 heterocycles. The number of thiophene rings is 1. The first-order valence-corrected chi connectivity index (χ1v) is 8.12. The Hall–Kier alpha value is -1.64. The summed E-state index contributed by atoms with van der Waals surface area (Å²) in [5, 5.41) is 13.9. The lowest BCUT2D eigenvalue weighted by Gasteiger charge is -1.93. The molecule has 0 aliphatic heterocycles. The van der Waals surface area contributed by atoms with Crippen molar-refractivity contribution in [3.8, 4) is 21.3 Å². The molecule has 4 aromatic heterocycles. The third-order valence-corrected chi connectivity index (χ3v) is 5.26. The second kappa shape index (κ2) is 4.72. The van der Waals surface area contributed by atoms with Crippen LogP contribution in [0, 0.1) is 0 Å². The molecule has 0 radical (unpaired) electrons. The Balaban J connectivity index is 1.87. The second-order valence-electron chi connectivity index (χ2n) is 3.97. The molecule has 0 fully saturated rings. The highest BCUT2D eigenvalue weighted by atomic mass is 79.9. The Kier molecular flexibility index (Phi) is 2.86. The molecule has 0 spiro atoms. The lowest BCUT2D eigenvalue weighted by atomic mass is 10.3. The molecular formula is C12H6BrN5S2. The predicted octanol–water partition coefficient (Wildman–Crippen LogP) is 3.74. The molecule has 8 heteroatoms. The highest BCUT2D eigenvalue weighted by molar-refractivity contribution is 9.11. The van der Waals surface area contributed by atoms with Gasteiger partial charge in [-0.1, -0.05) is 11.3 Å². The van der Waals surface area contributed by atoms with E-state index in [2.05, 4.69) is 36.2 Å². The Morgan fingerprint density at radius 3 is 2.80 bits per heavy atom. The predicted molar refractivity (Wildman–Crippen MR) is 82.9 cm³/mol. The fraction of sp³-hybridized carbons (Fsp3) is 0. The molecule has 0 aromatic carbocycles. The summed E-state index contributed by atoms with van der Waals surface area (Å²) in [5.74, 6) is 0.766. The highest BCUT2D eigenvalue weighted by Crippen LogP contribution is 2.32. The van der Waals surface area contributed by atoms with Gasteiger partial charge in [0.1, 0.15) is 5.01 Å². The molecule has 0 aliphatic rings. The largest absolute Gasteiger partial charge is 0.264 e. The lowest BCUT2D eigenvalue weighted by Crippen LogP contribution is -1.89. The minimum absolute atomic E-state index is 0.766. The van der Waals surface area contributed by atoms with Crippen LogP contribution in [-0.2, 0) is 0 Å². The Morgan fingerprint density at radius 1 is 1.10 bits per heavy atom. The average Bonchev–Trinajstić information content (AvgIpc) is 3.14. The van der Waals surface area contributed by atoms with Crippen LogP contribution >= 0.6 is 38.6 Å². The van der Waals surface area contributed by atoms with E-state index in [1.54, 1.807) is 28.2 Å². The highest BCUT2D eigenvalue weighted by Gasteiger charge is 2.15. The van der Waals surface area contributed by atoms with Gasteiger partial charge in [-0.15, -0.1) is 21.5 Å². The van der Waals surface area contributed by atoms with Gasteiger partial charge in [0.15, 0.2) is 5.82 Å². The SMILES string of the molecule is Brc1ccc(-c2nnc3sc(-c4cccnc4)nn23)s1. The fourth-order valence-corrected chi connectivity index (χ4v) is 4.00. The second-order valence-corrected chi connectivity index (χ2v) is 7.39. The first kappa shape index (κ1) is 12.1. The quantitative estimate of drug-likeness (QED) is 0.544. The zero-order valence-corrected chi connectivity index (χ0v) is 13.1. The maximum atomic E-state index is 4.59. The summed E-state index contributed by atoms with van der Waals surface area (Å²) < 4.78 is 2.85. The first-order chi connectivity index (χ1) is 9.81. The summed E-state index contributed by atoms with van der Waals surface area (Å²) in [6.45, 7) is 0. The van der Waals surface area contributed by atoms with Crippen molar-refractivity contribution in [3.05, 3.63) is 40.4 Å². The molecule has 0 saturated heterocycles. The van der Waals surface area contributed by atoms with Crippen LogP contribution in [0.3, 0.4) is 0 Å². The molecule has 20 heavy (non-hydrogen) atoms. The van der Waals surface area contributed by atoms with Gasteiger partial charge >= 0.3 is 0 Å². The fourth-order valence-electron chi connectivity index (χ4n) is 1.81. The van der Waals surface area contributed by atoms with Gasteiger partial charge in [0, 0.05) is 18.0 Å². The minimum Gasteiger partial charge on any atom is -0.264 e. The molecular weight excluding hydrogens is 358 g/mol. The van der Waals surface area contributed by atoms with E-state index in [1.807, 2.05) is 24.3 Å². The monoisotopic (exact) mass is 363 g/mol. The molecule has 0 N–H and O–H groups in total. The standard InChI is InChI=1S/C12H6BrN5S2/c13-9-4-3-8(19-9)10-15-16-12-18(10)17-11(20-12)7-2-1-5-14-6-7/h1-6H. The van der Waals surface area contributed by atoms with Crippen molar-refractivity contribution in [3.63, 3.8) is 0 Å². The molecule has 0 bridgehead atoms. The van der Waals surface area contributed by atoms with Crippen molar-refractivity contribution in [2.75, 3.05) is 0 Å². The van der Waals surface area contributed by atoms with E-state index < -0.39 is 0 Å². The molecule has 0 atom stereocenters. The minimum atomic E-state index is 0.766. The summed E-state index contributed by atoms with van der Waals surface area (Å²) in [6.07, 6.45) is 3.55. The number of fused-ring (bicyclic) bond motifs is 1. The van der Waals surface area contributed by atoms with Crippen LogP contribution in [0.2, 0.25) is 0 Å². The smallest absolute Gasteiger partial charge is 0.235 e. The van der Waals surface area contributed by atoms with Gasteiger partial charge in [-0.3, -0.25) is 4.98 Å². The van der Waals surface area contributed by atoms with E-state index in [9.17, 15) is 0 Å². The number of nitrogens with zero attached hydrogens (tertiary/aromatic N) is 5. The molecule has 4 rings (SSSR count). The normalized spacial score (nSPS) is 11.2. The van der Waals surface area contributed by atoms with Crippen molar-refractivity contribution in [2.45, 2.75) is 0 Å².